The number of carbonyl (C=O) groups excluding carboxylic acids is 1. The van der Waals surface area contributed by atoms with Crippen LogP contribution in [0, 0.1) is 0 Å². The molecule has 2 rings (SSSR count). The molecule has 1 unspecified atom stereocenters. The van der Waals surface area contributed by atoms with Gasteiger partial charge in [0, 0.05) is 19.1 Å². The predicted octanol–water partition coefficient (Wildman–Crippen LogP) is 3.56. The molecule has 1 amide bonds. The summed E-state index contributed by atoms with van der Waals surface area (Å²) in [6.07, 6.45) is 0.980. The normalized spacial score (nSPS) is 18.1. The molecule has 1 aromatic carbocycles. The van der Waals surface area contributed by atoms with E-state index in [9.17, 15) is 4.79 Å². The van der Waals surface area contributed by atoms with Crippen molar-refractivity contribution in [3.63, 3.8) is 0 Å². The summed E-state index contributed by atoms with van der Waals surface area (Å²) >= 11 is 12.3. The molecule has 0 saturated carbocycles. The Balaban J connectivity index is 2.22. The quantitative estimate of drug-likeness (QED) is 0.818. The van der Waals surface area contributed by atoms with Crippen LogP contribution in [0.3, 0.4) is 0 Å². The zero-order valence-electron chi connectivity index (χ0n) is 13.2. The van der Waals surface area contributed by atoms with Gasteiger partial charge in [0.05, 0.1) is 17.2 Å². The van der Waals surface area contributed by atoms with Crippen LogP contribution in [0.15, 0.2) is 12.1 Å². The highest BCUT2D eigenvalue weighted by Crippen LogP contribution is 2.35. The van der Waals surface area contributed by atoms with Crippen molar-refractivity contribution < 1.29 is 9.53 Å². The Morgan fingerprint density at radius 1 is 1.32 bits per heavy atom. The lowest BCUT2D eigenvalue weighted by atomic mass is 10.1. The fourth-order valence-electron chi connectivity index (χ4n) is 3.05. The van der Waals surface area contributed by atoms with E-state index in [1.165, 1.54) is 7.11 Å². The summed E-state index contributed by atoms with van der Waals surface area (Å²) in [5, 5.41) is 0.771. The first-order chi connectivity index (χ1) is 10.5. The van der Waals surface area contributed by atoms with Crippen molar-refractivity contribution >= 4 is 29.1 Å². The van der Waals surface area contributed by atoms with Gasteiger partial charge in [-0.2, -0.15) is 0 Å². The molecule has 1 aliphatic heterocycles. The minimum atomic E-state index is -0.112. The Bertz CT molecular complexity index is 547. The van der Waals surface area contributed by atoms with E-state index in [4.69, 9.17) is 27.9 Å². The molecule has 1 aliphatic rings. The summed E-state index contributed by atoms with van der Waals surface area (Å²) in [6.45, 7) is 7.71. The second-order valence-electron chi connectivity index (χ2n) is 5.35. The zero-order chi connectivity index (χ0) is 16.3. The van der Waals surface area contributed by atoms with Crippen molar-refractivity contribution in [2.45, 2.75) is 26.3 Å². The third-order valence-electron chi connectivity index (χ3n) is 4.26. The van der Waals surface area contributed by atoms with Gasteiger partial charge in [0.1, 0.15) is 5.56 Å². The molecule has 1 fully saturated rings. The SMILES string of the molecule is CCN(CC)C1CCN(C(=O)c2c(Cl)ccc(Cl)c2OC)C1. The minimum absolute atomic E-state index is 0.112. The molecule has 0 bridgehead atoms. The van der Waals surface area contributed by atoms with Crippen LogP contribution in [-0.2, 0) is 0 Å². The Labute approximate surface area is 141 Å². The molecule has 6 heteroatoms. The number of methoxy groups -OCH3 is 1. The fourth-order valence-corrected chi connectivity index (χ4v) is 3.52. The van der Waals surface area contributed by atoms with Crippen LogP contribution in [0.25, 0.3) is 0 Å². The van der Waals surface area contributed by atoms with E-state index < -0.39 is 0 Å². The van der Waals surface area contributed by atoms with Crippen molar-refractivity contribution in [1.82, 2.24) is 9.80 Å². The van der Waals surface area contributed by atoms with Gasteiger partial charge in [0.2, 0.25) is 0 Å². The van der Waals surface area contributed by atoms with E-state index >= 15 is 0 Å². The van der Waals surface area contributed by atoms with Gasteiger partial charge in [0.25, 0.3) is 5.91 Å². The predicted molar refractivity (Wildman–Crippen MR) is 90.2 cm³/mol. The molecule has 1 aromatic rings. The van der Waals surface area contributed by atoms with Crippen LogP contribution in [0.5, 0.6) is 5.75 Å². The molecule has 0 spiro atoms. The van der Waals surface area contributed by atoms with E-state index in [2.05, 4.69) is 18.7 Å². The van der Waals surface area contributed by atoms with Crippen LogP contribution in [0.2, 0.25) is 10.0 Å². The largest absolute Gasteiger partial charge is 0.494 e. The molecular formula is C16H22Cl2N2O2. The standard InChI is InChI=1S/C16H22Cl2N2O2/c1-4-19(5-2)11-8-9-20(10-11)16(21)14-12(17)6-7-13(18)15(14)22-3/h6-7,11H,4-5,8-10H2,1-3H3. The van der Waals surface area contributed by atoms with Crippen LogP contribution in [0.4, 0.5) is 0 Å². The van der Waals surface area contributed by atoms with Crippen molar-refractivity contribution in [3.8, 4) is 5.75 Å². The van der Waals surface area contributed by atoms with Crippen LogP contribution in [-0.4, -0.2) is 55.0 Å². The number of likely N-dealkylation sites (N-methyl/N-ethyl adjacent to an activating group) is 1. The van der Waals surface area contributed by atoms with Gasteiger partial charge in [-0.25, -0.2) is 0 Å². The van der Waals surface area contributed by atoms with Gasteiger partial charge in [-0.3, -0.25) is 9.69 Å². The number of nitrogens with zero attached hydrogens (tertiary/aromatic N) is 2. The van der Waals surface area contributed by atoms with Crippen molar-refractivity contribution in [2.24, 2.45) is 0 Å². The number of amides is 1. The second-order valence-corrected chi connectivity index (χ2v) is 6.17. The Morgan fingerprint density at radius 2 is 1.95 bits per heavy atom. The van der Waals surface area contributed by atoms with Gasteiger partial charge in [-0.15, -0.1) is 0 Å². The third kappa shape index (κ3) is 3.34. The second kappa shape index (κ2) is 7.53. The van der Waals surface area contributed by atoms with Crippen molar-refractivity contribution in [2.75, 3.05) is 33.3 Å². The smallest absolute Gasteiger partial charge is 0.259 e. The zero-order valence-corrected chi connectivity index (χ0v) is 14.7. The highest BCUT2D eigenvalue weighted by molar-refractivity contribution is 6.37. The maximum Gasteiger partial charge on any atom is 0.259 e. The Kier molecular flexibility index (Phi) is 5.95. The van der Waals surface area contributed by atoms with Crippen molar-refractivity contribution in [1.29, 1.82) is 0 Å². The van der Waals surface area contributed by atoms with E-state index in [0.717, 1.165) is 26.1 Å². The van der Waals surface area contributed by atoms with Crippen molar-refractivity contribution in [3.05, 3.63) is 27.7 Å². The van der Waals surface area contributed by atoms with E-state index in [1.807, 2.05) is 4.90 Å². The molecule has 0 aliphatic carbocycles. The van der Waals surface area contributed by atoms with Gasteiger partial charge < -0.3 is 9.64 Å². The van der Waals surface area contributed by atoms with Gasteiger partial charge in [-0.1, -0.05) is 37.0 Å². The summed E-state index contributed by atoms with van der Waals surface area (Å²) in [5.41, 5.74) is 0.358. The van der Waals surface area contributed by atoms with Crippen LogP contribution >= 0.6 is 23.2 Å². The molecule has 1 heterocycles. The lowest BCUT2D eigenvalue weighted by Crippen LogP contribution is -2.38. The molecule has 0 aromatic heterocycles. The van der Waals surface area contributed by atoms with E-state index in [1.54, 1.807) is 12.1 Å². The molecule has 1 atom stereocenters. The molecule has 4 nitrogen and oxygen atoms in total. The van der Waals surface area contributed by atoms with E-state index in [-0.39, 0.29) is 5.91 Å². The monoisotopic (exact) mass is 344 g/mol. The summed E-state index contributed by atoms with van der Waals surface area (Å²) in [7, 11) is 1.50. The molecule has 0 radical (unpaired) electrons. The molecular weight excluding hydrogens is 323 g/mol. The van der Waals surface area contributed by atoms with Gasteiger partial charge in [-0.05, 0) is 31.6 Å². The number of rotatable bonds is 5. The maximum absolute atomic E-state index is 12.8. The summed E-state index contributed by atoms with van der Waals surface area (Å²) in [4.78, 5) is 17.0. The molecule has 122 valence electrons. The summed E-state index contributed by atoms with van der Waals surface area (Å²) in [6, 6.07) is 3.68. The first kappa shape index (κ1) is 17.4. The number of hydrogen-bond donors (Lipinski definition) is 0. The first-order valence-corrected chi connectivity index (χ1v) is 8.34. The maximum atomic E-state index is 12.8. The summed E-state index contributed by atoms with van der Waals surface area (Å²) < 4.78 is 5.28. The number of ether oxygens (including phenoxy) is 1. The summed E-state index contributed by atoms with van der Waals surface area (Å²) in [5.74, 6) is 0.240. The molecule has 0 N–H and O–H groups in total. The minimum Gasteiger partial charge on any atom is -0.494 e. The Hall–Kier alpha value is -0.970. The third-order valence-corrected chi connectivity index (χ3v) is 4.87. The number of likely N-dealkylation sites (tertiary alicyclic amines) is 1. The highest BCUT2D eigenvalue weighted by atomic mass is 35.5. The van der Waals surface area contributed by atoms with Crippen LogP contribution in [0.1, 0.15) is 30.6 Å². The molecule has 22 heavy (non-hydrogen) atoms. The number of hydrogen-bond acceptors (Lipinski definition) is 3. The fraction of sp³-hybridized carbons (Fsp3) is 0.562. The average molecular weight is 345 g/mol. The van der Waals surface area contributed by atoms with Gasteiger partial charge in [0.15, 0.2) is 5.75 Å². The van der Waals surface area contributed by atoms with E-state index in [0.29, 0.717) is 33.9 Å². The number of halogens is 2. The highest BCUT2D eigenvalue weighted by Gasteiger charge is 2.32. The van der Waals surface area contributed by atoms with Crippen LogP contribution < -0.4 is 4.74 Å². The topological polar surface area (TPSA) is 32.8 Å². The number of carbonyl (C=O) groups is 1. The number of benzene rings is 1. The first-order valence-electron chi connectivity index (χ1n) is 7.58. The van der Waals surface area contributed by atoms with Gasteiger partial charge >= 0.3 is 0 Å². The average Bonchev–Trinajstić information content (AvgIpc) is 2.99. The molecule has 1 saturated heterocycles. The lowest BCUT2D eigenvalue weighted by Gasteiger charge is -2.26. The lowest BCUT2D eigenvalue weighted by molar-refractivity contribution is 0.0775. The Morgan fingerprint density at radius 3 is 2.55 bits per heavy atom.